The number of amides is 2. The smallest absolute Gasteiger partial charge is 0.318 e. The van der Waals surface area contributed by atoms with Crippen molar-refractivity contribution >= 4 is 11.7 Å². The summed E-state index contributed by atoms with van der Waals surface area (Å²) in [4.78, 5) is 16.5. The Bertz CT molecular complexity index is 654. The molecule has 2 heterocycles. The summed E-state index contributed by atoms with van der Waals surface area (Å²) in [7, 11) is 4.05. The van der Waals surface area contributed by atoms with E-state index in [1.165, 1.54) is 11.8 Å². The van der Waals surface area contributed by atoms with Gasteiger partial charge in [0.25, 0.3) is 0 Å². The highest BCUT2D eigenvalue weighted by Crippen LogP contribution is 2.33. The van der Waals surface area contributed by atoms with Gasteiger partial charge in [0.2, 0.25) is 0 Å². The van der Waals surface area contributed by atoms with Crippen LogP contribution in [0.15, 0.2) is 41.1 Å². The van der Waals surface area contributed by atoms with E-state index in [2.05, 4.69) is 39.6 Å². The summed E-state index contributed by atoms with van der Waals surface area (Å²) in [6.07, 6.45) is 3.52. The number of carbonyl (C=O) groups excluding carboxylic acids is 1. The molecule has 2 aromatic rings. The minimum Gasteiger partial charge on any atom is -0.378 e. The van der Waals surface area contributed by atoms with Gasteiger partial charge in [-0.25, -0.2) is 4.79 Å². The molecule has 0 radical (unpaired) electrons. The molecule has 1 aliphatic heterocycles. The molecule has 1 aromatic carbocycles. The lowest BCUT2D eigenvalue weighted by atomic mass is 10.0. The van der Waals surface area contributed by atoms with Gasteiger partial charge in [-0.3, -0.25) is 0 Å². The molecular weight excluding hydrogens is 292 g/mol. The zero-order valence-corrected chi connectivity index (χ0v) is 13.5. The van der Waals surface area contributed by atoms with Gasteiger partial charge in [-0.2, -0.15) is 0 Å². The van der Waals surface area contributed by atoms with Gasteiger partial charge in [0.1, 0.15) is 12.0 Å². The number of likely N-dealkylation sites (tertiary alicyclic amines) is 1. The molecule has 0 saturated carbocycles. The maximum atomic E-state index is 12.5. The molecule has 1 atom stereocenters. The summed E-state index contributed by atoms with van der Waals surface area (Å²) in [6.45, 7) is 1.16. The molecule has 6 nitrogen and oxygen atoms in total. The zero-order chi connectivity index (χ0) is 16.2. The Morgan fingerprint density at radius 1 is 1.43 bits per heavy atom. The summed E-state index contributed by atoms with van der Waals surface area (Å²) in [5.74, 6) is 0. The normalized spacial score (nSPS) is 17.3. The Balaban J connectivity index is 1.69. The van der Waals surface area contributed by atoms with Gasteiger partial charge >= 0.3 is 6.03 Å². The minimum atomic E-state index is -0.0502. The van der Waals surface area contributed by atoms with E-state index < -0.39 is 0 Å². The Labute approximate surface area is 136 Å². The van der Waals surface area contributed by atoms with E-state index in [-0.39, 0.29) is 12.1 Å². The summed E-state index contributed by atoms with van der Waals surface area (Å²) in [5.41, 5.74) is 3.06. The van der Waals surface area contributed by atoms with Crippen molar-refractivity contribution in [2.75, 3.05) is 25.5 Å². The van der Waals surface area contributed by atoms with E-state index in [0.717, 1.165) is 30.8 Å². The molecule has 1 aromatic heterocycles. The lowest BCUT2D eigenvalue weighted by Crippen LogP contribution is -2.39. The number of anilines is 1. The van der Waals surface area contributed by atoms with Crippen LogP contribution in [0.25, 0.3) is 0 Å². The van der Waals surface area contributed by atoms with Crippen molar-refractivity contribution in [3.05, 3.63) is 47.9 Å². The molecule has 0 bridgehead atoms. The van der Waals surface area contributed by atoms with Crippen LogP contribution in [-0.4, -0.2) is 36.7 Å². The Hall–Kier alpha value is -2.50. The number of urea groups is 1. The van der Waals surface area contributed by atoms with Crippen molar-refractivity contribution in [2.45, 2.75) is 25.4 Å². The molecule has 1 aliphatic rings. The van der Waals surface area contributed by atoms with E-state index in [1.807, 2.05) is 19.0 Å². The van der Waals surface area contributed by atoms with Crippen LogP contribution < -0.4 is 10.2 Å². The molecule has 2 amide bonds. The molecule has 23 heavy (non-hydrogen) atoms. The number of nitrogens with zero attached hydrogens (tertiary/aromatic N) is 3. The molecule has 1 unspecified atom stereocenters. The first-order chi connectivity index (χ1) is 11.1. The van der Waals surface area contributed by atoms with Crippen LogP contribution in [0.2, 0.25) is 0 Å². The summed E-state index contributed by atoms with van der Waals surface area (Å²) in [6, 6.07) is 10.2. The number of aromatic nitrogens is 1. The van der Waals surface area contributed by atoms with Crippen molar-refractivity contribution < 1.29 is 9.32 Å². The number of hydrogen-bond donors (Lipinski definition) is 1. The maximum absolute atomic E-state index is 12.5. The largest absolute Gasteiger partial charge is 0.378 e. The van der Waals surface area contributed by atoms with Crippen LogP contribution in [0.4, 0.5) is 10.5 Å². The lowest BCUT2D eigenvalue weighted by Gasteiger charge is -2.26. The fraction of sp³-hybridized carbons (Fsp3) is 0.412. The van der Waals surface area contributed by atoms with Crippen molar-refractivity contribution in [2.24, 2.45) is 0 Å². The zero-order valence-electron chi connectivity index (χ0n) is 13.5. The van der Waals surface area contributed by atoms with Crippen LogP contribution in [0.5, 0.6) is 0 Å². The third-order valence-electron chi connectivity index (χ3n) is 4.20. The summed E-state index contributed by atoms with van der Waals surface area (Å²) < 4.78 is 4.78. The van der Waals surface area contributed by atoms with Gasteiger partial charge in [-0.15, -0.1) is 0 Å². The second-order valence-electron chi connectivity index (χ2n) is 5.99. The number of benzene rings is 1. The summed E-state index contributed by atoms with van der Waals surface area (Å²) in [5, 5.41) is 6.73. The Morgan fingerprint density at radius 3 is 3.04 bits per heavy atom. The van der Waals surface area contributed by atoms with Crippen LogP contribution in [0.1, 0.15) is 30.1 Å². The van der Waals surface area contributed by atoms with E-state index in [9.17, 15) is 4.79 Å². The maximum Gasteiger partial charge on any atom is 0.318 e. The fourth-order valence-corrected chi connectivity index (χ4v) is 2.96. The average molecular weight is 314 g/mol. The molecule has 1 fully saturated rings. The molecule has 1 saturated heterocycles. The molecule has 0 spiro atoms. The van der Waals surface area contributed by atoms with Gasteiger partial charge < -0.3 is 19.6 Å². The van der Waals surface area contributed by atoms with Crippen LogP contribution in [-0.2, 0) is 6.54 Å². The first kappa shape index (κ1) is 15.4. The highest BCUT2D eigenvalue weighted by atomic mass is 16.5. The predicted octanol–water partition coefficient (Wildman–Crippen LogP) is 2.79. The van der Waals surface area contributed by atoms with Crippen molar-refractivity contribution in [3.63, 3.8) is 0 Å². The first-order valence-electron chi connectivity index (χ1n) is 7.86. The first-order valence-corrected chi connectivity index (χ1v) is 7.86. The van der Waals surface area contributed by atoms with Crippen LogP contribution in [0.3, 0.4) is 0 Å². The number of carbonyl (C=O) groups is 1. The number of nitrogens with one attached hydrogen (secondary N) is 1. The SMILES string of the molecule is CN(C)c1cccc(C2CCCN2C(=O)NCc2ccon2)c1. The van der Waals surface area contributed by atoms with Crippen molar-refractivity contribution in [3.8, 4) is 0 Å². The molecule has 122 valence electrons. The Morgan fingerprint density at radius 2 is 2.30 bits per heavy atom. The average Bonchev–Trinajstić information content (AvgIpc) is 3.24. The van der Waals surface area contributed by atoms with Gasteiger partial charge in [0.05, 0.1) is 12.6 Å². The highest BCUT2D eigenvalue weighted by molar-refractivity contribution is 5.75. The van der Waals surface area contributed by atoms with E-state index in [1.54, 1.807) is 6.07 Å². The third-order valence-corrected chi connectivity index (χ3v) is 4.20. The van der Waals surface area contributed by atoms with Gasteiger partial charge in [-0.1, -0.05) is 17.3 Å². The second-order valence-corrected chi connectivity index (χ2v) is 5.99. The monoisotopic (exact) mass is 314 g/mol. The molecule has 1 N–H and O–H groups in total. The molecule has 0 aliphatic carbocycles. The van der Waals surface area contributed by atoms with E-state index in [4.69, 9.17) is 4.52 Å². The van der Waals surface area contributed by atoms with Crippen molar-refractivity contribution in [1.82, 2.24) is 15.4 Å². The Kier molecular flexibility index (Phi) is 4.50. The molecule has 6 heteroatoms. The van der Waals surface area contributed by atoms with E-state index in [0.29, 0.717) is 6.54 Å². The number of rotatable bonds is 4. The van der Waals surface area contributed by atoms with Crippen LogP contribution in [0, 0.1) is 0 Å². The topological polar surface area (TPSA) is 61.6 Å². The summed E-state index contributed by atoms with van der Waals surface area (Å²) >= 11 is 0. The predicted molar refractivity (Wildman–Crippen MR) is 88.2 cm³/mol. The molecule has 3 rings (SSSR count). The minimum absolute atomic E-state index is 0.0502. The van der Waals surface area contributed by atoms with Gasteiger partial charge in [0, 0.05) is 32.4 Å². The third kappa shape index (κ3) is 3.47. The fourth-order valence-electron chi connectivity index (χ4n) is 2.96. The van der Waals surface area contributed by atoms with Gasteiger partial charge in [0.15, 0.2) is 0 Å². The van der Waals surface area contributed by atoms with Crippen LogP contribution >= 0.6 is 0 Å². The highest BCUT2D eigenvalue weighted by Gasteiger charge is 2.30. The standard InChI is InChI=1S/C17H22N4O2/c1-20(2)15-6-3-5-13(11-15)16-7-4-9-21(16)17(22)18-12-14-8-10-23-19-14/h3,5-6,8,10-11,16H,4,7,9,12H2,1-2H3,(H,18,22). The quantitative estimate of drug-likeness (QED) is 0.942. The van der Waals surface area contributed by atoms with Gasteiger partial charge in [-0.05, 0) is 30.5 Å². The number of hydrogen-bond acceptors (Lipinski definition) is 4. The second kappa shape index (κ2) is 6.73. The van der Waals surface area contributed by atoms with Crippen molar-refractivity contribution in [1.29, 1.82) is 0 Å². The molecular formula is C17H22N4O2. The lowest BCUT2D eigenvalue weighted by molar-refractivity contribution is 0.192. The van der Waals surface area contributed by atoms with E-state index >= 15 is 0 Å².